The first kappa shape index (κ1) is 54.9. The fourth-order valence-electron chi connectivity index (χ4n) is 8.48. The van der Waals surface area contributed by atoms with Gasteiger partial charge in [-0.1, -0.05) is 264 Å². The van der Waals surface area contributed by atoms with E-state index in [1.807, 2.05) is 0 Å². The lowest BCUT2D eigenvalue weighted by Gasteiger charge is -2.18. The molecule has 0 saturated heterocycles. The first-order valence-electron chi connectivity index (χ1n) is 26.0. The van der Waals surface area contributed by atoms with Gasteiger partial charge in [-0.25, -0.2) is 0 Å². The number of aliphatic carboxylic acids is 1. The van der Waals surface area contributed by atoms with Crippen LogP contribution < -0.4 is 0 Å². The average Bonchev–Trinajstić information content (AvgIpc) is 3.19. The molecule has 0 bridgehead atoms. The highest BCUT2D eigenvalue weighted by atomic mass is 16.5. The van der Waals surface area contributed by atoms with Crippen molar-refractivity contribution in [2.24, 2.45) is 0 Å². The minimum atomic E-state index is -0.693. The van der Waals surface area contributed by atoms with E-state index in [2.05, 4.69) is 13.8 Å². The quantitative estimate of drug-likeness (QED) is 0.0492. The number of unbranched alkanes of at least 4 members (excludes halogenated alkanes) is 40. The number of hydrogen-bond donors (Lipinski definition) is 1. The van der Waals surface area contributed by atoms with Gasteiger partial charge in [-0.2, -0.15) is 0 Å². The van der Waals surface area contributed by atoms with Crippen molar-refractivity contribution >= 4 is 11.9 Å². The molecule has 0 saturated carbocycles. The molecule has 1 N–H and O–H groups in total. The molecule has 0 spiro atoms. The molecule has 4 heteroatoms. The number of esters is 1. The molecule has 0 amide bonds. The number of rotatable bonds is 49. The van der Waals surface area contributed by atoms with Gasteiger partial charge in [-0.15, -0.1) is 0 Å². The summed E-state index contributed by atoms with van der Waals surface area (Å²) in [5.41, 5.74) is 0. The first-order valence-corrected chi connectivity index (χ1v) is 26.0. The predicted octanol–water partition coefficient (Wildman–Crippen LogP) is 18.4. The monoisotopic (exact) mass is 791 g/mol. The molecule has 334 valence electrons. The van der Waals surface area contributed by atoms with Gasteiger partial charge in [0, 0.05) is 12.8 Å². The molecule has 0 rings (SSSR count). The van der Waals surface area contributed by atoms with Crippen LogP contribution in [0.4, 0.5) is 0 Å². The maximum atomic E-state index is 12.8. The normalized spacial score (nSPS) is 12.0. The highest BCUT2D eigenvalue weighted by molar-refractivity contribution is 5.69. The number of carboxylic acid groups (broad SMARTS) is 1. The van der Waals surface area contributed by atoms with Crippen molar-refractivity contribution in [2.45, 2.75) is 322 Å². The third kappa shape index (κ3) is 47.3. The summed E-state index contributed by atoms with van der Waals surface area (Å²) in [7, 11) is 0. The zero-order valence-electron chi connectivity index (χ0n) is 38.5. The summed E-state index contributed by atoms with van der Waals surface area (Å²) in [4.78, 5) is 23.6. The van der Waals surface area contributed by atoms with Crippen molar-refractivity contribution < 1.29 is 19.4 Å². The Labute approximate surface area is 352 Å². The summed E-state index contributed by atoms with van der Waals surface area (Å²) in [6.45, 7) is 4.59. The summed E-state index contributed by atoms with van der Waals surface area (Å²) < 4.78 is 6.06. The van der Waals surface area contributed by atoms with Crippen LogP contribution in [0.1, 0.15) is 316 Å². The molecule has 0 aromatic heterocycles. The van der Waals surface area contributed by atoms with Crippen LogP contribution in [0.3, 0.4) is 0 Å². The third-order valence-electron chi connectivity index (χ3n) is 12.3. The average molecular weight is 791 g/mol. The largest absolute Gasteiger partial charge is 0.481 e. The van der Waals surface area contributed by atoms with Crippen molar-refractivity contribution in [3.63, 3.8) is 0 Å². The van der Waals surface area contributed by atoms with E-state index < -0.39 is 5.97 Å². The Morgan fingerprint density at radius 3 is 0.786 bits per heavy atom. The second-order valence-corrected chi connectivity index (χ2v) is 18.1. The molecule has 0 radical (unpaired) electrons. The van der Waals surface area contributed by atoms with Gasteiger partial charge in [-0.05, 0) is 38.5 Å². The van der Waals surface area contributed by atoms with Crippen LogP contribution in [-0.4, -0.2) is 23.1 Å². The number of hydrogen-bond acceptors (Lipinski definition) is 3. The highest BCUT2D eigenvalue weighted by Crippen LogP contribution is 2.20. The maximum absolute atomic E-state index is 12.8. The van der Waals surface area contributed by atoms with E-state index in [4.69, 9.17) is 9.84 Å². The zero-order valence-corrected chi connectivity index (χ0v) is 38.5. The molecular weight excluding hydrogens is 689 g/mol. The van der Waals surface area contributed by atoms with Gasteiger partial charge < -0.3 is 9.84 Å². The number of carbonyl (C=O) groups is 2. The van der Waals surface area contributed by atoms with Gasteiger partial charge in [0.25, 0.3) is 0 Å². The Kier molecular flexibility index (Phi) is 47.4. The standard InChI is InChI=1S/C52H102O4/c1-3-5-7-9-11-13-15-17-19-20-21-22-23-24-25-26-27-28-30-32-34-36-41-45-49-52(55)56-50(47-43-39-37-40-44-48-51(53)54)46-42-38-35-33-31-29-18-16-14-12-10-8-6-4-2/h50H,3-49H2,1-2H3,(H,53,54). The molecule has 56 heavy (non-hydrogen) atoms. The molecule has 0 aliphatic carbocycles. The van der Waals surface area contributed by atoms with Crippen molar-refractivity contribution in [3.05, 3.63) is 0 Å². The molecule has 0 fully saturated rings. The van der Waals surface area contributed by atoms with Crippen LogP contribution in [0.5, 0.6) is 0 Å². The summed E-state index contributed by atoms with van der Waals surface area (Å²) in [6, 6.07) is 0. The molecule has 0 aliphatic heterocycles. The summed E-state index contributed by atoms with van der Waals surface area (Å²) >= 11 is 0. The molecule has 0 aromatic carbocycles. The fourth-order valence-corrected chi connectivity index (χ4v) is 8.48. The van der Waals surface area contributed by atoms with E-state index in [0.29, 0.717) is 6.42 Å². The minimum Gasteiger partial charge on any atom is -0.481 e. The lowest BCUT2D eigenvalue weighted by molar-refractivity contribution is -0.150. The van der Waals surface area contributed by atoms with Gasteiger partial charge in [0.05, 0.1) is 0 Å². The van der Waals surface area contributed by atoms with Gasteiger partial charge in [0.15, 0.2) is 0 Å². The fraction of sp³-hybridized carbons (Fsp3) is 0.962. The third-order valence-corrected chi connectivity index (χ3v) is 12.3. The van der Waals surface area contributed by atoms with Crippen molar-refractivity contribution in [1.82, 2.24) is 0 Å². The van der Waals surface area contributed by atoms with Crippen LogP contribution >= 0.6 is 0 Å². The van der Waals surface area contributed by atoms with E-state index in [1.165, 1.54) is 225 Å². The van der Waals surface area contributed by atoms with Crippen LogP contribution in [0.25, 0.3) is 0 Å². The van der Waals surface area contributed by atoms with E-state index in [0.717, 1.165) is 64.2 Å². The maximum Gasteiger partial charge on any atom is 0.306 e. The Morgan fingerprint density at radius 2 is 0.536 bits per heavy atom. The molecular formula is C52H102O4. The number of ether oxygens (including phenoxy) is 1. The highest BCUT2D eigenvalue weighted by Gasteiger charge is 2.14. The molecule has 0 aliphatic rings. The van der Waals surface area contributed by atoms with Gasteiger partial charge in [-0.3, -0.25) is 9.59 Å². The molecule has 1 atom stereocenters. The van der Waals surface area contributed by atoms with Gasteiger partial charge in [0.1, 0.15) is 6.10 Å². The van der Waals surface area contributed by atoms with Crippen molar-refractivity contribution in [3.8, 4) is 0 Å². The summed E-state index contributed by atoms with van der Waals surface area (Å²) in [5, 5.41) is 8.87. The SMILES string of the molecule is CCCCCCCCCCCCCCCCCCCCCCCCCCC(=O)OC(CCCCCCCCCCCCCCCC)CCCCCCCC(=O)O. The Morgan fingerprint density at radius 1 is 0.321 bits per heavy atom. The second-order valence-electron chi connectivity index (χ2n) is 18.1. The van der Waals surface area contributed by atoms with E-state index >= 15 is 0 Å². The van der Waals surface area contributed by atoms with Gasteiger partial charge >= 0.3 is 11.9 Å². The Hall–Kier alpha value is -1.06. The van der Waals surface area contributed by atoms with Crippen LogP contribution in [0.15, 0.2) is 0 Å². The summed E-state index contributed by atoms with van der Waals surface area (Å²) in [5.74, 6) is -0.679. The van der Waals surface area contributed by atoms with E-state index in [9.17, 15) is 9.59 Å². The summed E-state index contributed by atoms with van der Waals surface area (Å²) in [6.07, 6.45) is 60.3. The number of carbonyl (C=O) groups excluding carboxylic acids is 1. The van der Waals surface area contributed by atoms with E-state index in [-0.39, 0.29) is 18.5 Å². The lowest BCUT2D eigenvalue weighted by Crippen LogP contribution is -2.18. The minimum absolute atomic E-state index is 0.0145. The van der Waals surface area contributed by atoms with Crippen LogP contribution in [-0.2, 0) is 14.3 Å². The second kappa shape index (κ2) is 48.3. The lowest BCUT2D eigenvalue weighted by atomic mass is 10.0. The molecule has 4 nitrogen and oxygen atoms in total. The Balaban J connectivity index is 3.81. The van der Waals surface area contributed by atoms with Gasteiger partial charge in [0.2, 0.25) is 0 Å². The smallest absolute Gasteiger partial charge is 0.306 e. The molecule has 0 heterocycles. The zero-order chi connectivity index (χ0) is 40.7. The topological polar surface area (TPSA) is 63.6 Å². The predicted molar refractivity (Wildman–Crippen MR) is 246 cm³/mol. The van der Waals surface area contributed by atoms with Crippen LogP contribution in [0, 0.1) is 0 Å². The van der Waals surface area contributed by atoms with Crippen molar-refractivity contribution in [1.29, 1.82) is 0 Å². The van der Waals surface area contributed by atoms with Crippen molar-refractivity contribution in [2.75, 3.05) is 0 Å². The first-order chi connectivity index (χ1) is 27.6. The van der Waals surface area contributed by atoms with E-state index in [1.54, 1.807) is 0 Å². The number of carboxylic acids is 1. The Bertz CT molecular complexity index is 766. The van der Waals surface area contributed by atoms with Crippen LogP contribution in [0.2, 0.25) is 0 Å². The molecule has 0 aromatic rings. The molecule has 1 unspecified atom stereocenters.